The van der Waals surface area contributed by atoms with Gasteiger partial charge >= 0.3 is 0 Å². The summed E-state index contributed by atoms with van der Waals surface area (Å²) in [7, 11) is 0. The van der Waals surface area contributed by atoms with E-state index in [0.717, 1.165) is 48.5 Å². The molecule has 4 rings (SSSR count). The smallest absolute Gasteiger partial charge is 0.221 e. The van der Waals surface area contributed by atoms with Crippen molar-refractivity contribution in [3.8, 4) is 5.75 Å². The van der Waals surface area contributed by atoms with Crippen LogP contribution in [-0.2, 0) is 4.79 Å². The number of β-amino-alcohol motifs (C(OH)–C–C–N with tert-alkyl or cyclic N) is 1. The number of piperidine rings is 1. The van der Waals surface area contributed by atoms with Crippen LogP contribution in [0.4, 0.5) is 5.69 Å². The van der Waals surface area contributed by atoms with Crippen LogP contribution in [0.3, 0.4) is 0 Å². The monoisotopic (exact) mass is 396 g/mol. The lowest BCUT2D eigenvalue weighted by atomic mass is 9.81. The fraction of sp³-hybridized carbons (Fsp3) is 0.435. The number of anilines is 1. The number of hydrogen-bond donors (Lipinski definition) is 3. The molecule has 6 heteroatoms. The van der Waals surface area contributed by atoms with Crippen molar-refractivity contribution in [1.29, 1.82) is 0 Å². The van der Waals surface area contributed by atoms with E-state index in [2.05, 4.69) is 10.2 Å². The molecule has 2 aromatic carbocycles. The number of ether oxygens (including phenoxy) is 1. The van der Waals surface area contributed by atoms with Gasteiger partial charge in [0.25, 0.3) is 0 Å². The zero-order valence-corrected chi connectivity index (χ0v) is 16.7. The summed E-state index contributed by atoms with van der Waals surface area (Å²) in [6, 6.07) is 15.0. The van der Waals surface area contributed by atoms with E-state index in [4.69, 9.17) is 4.74 Å². The maximum atomic E-state index is 11.1. The van der Waals surface area contributed by atoms with E-state index in [-0.39, 0.29) is 11.5 Å². The third-order valence-corrected chi connectivity index (χ3v) is 5.98. The van der Waals surface area contributed by atoms with E-state index in [9.17, 15) is 15.0 Å². The highest BCUT2D eigenvalue weighted by Gasteiger charge is 2.42. The lowest BCUT2D eigenvalue weighted by molar-refractivity contribution is -0.114. The number of carbonyl (C=O) groups is 1. The number of nitrogens with one attached hydrogen (secondary N) is 1. The van der Waals surface area contributed by atoms with Gasteiger partial charge in [0.1, 0.15) is 11.4 Å². The van der Waals surface area contributed by atoms with E-state index in [0.29, 0.717) is 13.0 Å². The highest BCUT2D eigenvalue weighted by atomic mass is 16.5. The highest BCUT2D eigenvalue weighted by molar-refractivity contribution is 5.88. The molecule has 0 bridgehead atoms. The van der Waals surface area contributed by atoms with Gasteiger partial charge in [-0.3, -0.25) is 4.79 Å². The number of benzene rings is 2. The molecule has 1 saturated heterocycles. The van der Waals surface area contributed by atoms with Gasteiger partial charge in [0.2, 0.25) is 5.91 Å². The fourth-order valence-electron chi connectivity index (χ4n) is 4.38. The average molecular weight is 396 g/mol. The predicted octanol–water partition coefficient (Wildman–Crippen LogP) is 3.03. The van der Waals surface area contributed by atoms with Gasteiger partial charge in [0.05, 0.1) is 12.2 Å². The van der Waals surface area contributed by atoms with Gasteiger partial charge in [-0.1, -0.05) is 30.3 Å². The zero-order chi connectivity index (χ0) is 20.4. The molecular formula is C23H28N2O4. The number of fused-ring (bicyclic) bond motifs is 1. The molecule has 0 aliphatic carbocycles. The van der Waals surface area contributed by atoms with Crippen LogP contribution < -0.4 is 10.1 Å². The van der Waals surface area contributed by atoms with Crippen molar-refractivity contribution in [1.82, 2.24) is 4.90 Å². The van der Waals surface area contributed by atoms with E-state index < -0.39 is 12.2 Å². The van der Waals surface area contributed by atoms with Gasteiger partial charge in [-0.05, 0) is 36.6 Å². The van der Waals surface area contributed by atoms with Crippen molar-refractivity contribution in [3.05, 3.63) is 59.7 Å². The topological polar surface area (TPSA) is 82.0 Å². The number of amides is 1. The third kappa shape index (κ3) is 4.45. The van der Waals surface area contributed by atoms with Crippen LogP contribution >= 0.6 is 0 Å². The Balaban J connectivity index is 1.34. The summed E-state index contributed by atoms with van der Waals surface area (Å²) < 4.78 is 6.33. The van der Waals surface area contributed by atoms with Crippen LogP contribution in [0.2, 0.25) is 0 Å². The summed E-state index contributed by atoms with van der Waals surface area (Å²) in [4.78, 5) is 13.4. The van der Waals surface area contributed by atoms with Gasteiger partial charge in [0, 0.05) is 44.2 Å². The second kappa shape index (κ2) is 8.14. The molecule has 1 spiro atoms. The summed E-state index contributed by atoms with van der Waals surface area (Å²) >= 11 is 0. The molecule has 2 atom stereocenters. The van der Waals surface area contributed by atoms with Crippen LogP contribution in [0.25, 0.3) is 0 Å². The molecule has 0 saturated carbocycles. The van der Waals surface area contributed by atoms with Gasteiger partial charge in [-0.15, -0.1) is 0 Å². The second-order valence-corrected chi connectivity index (χ2v) is 8.16. The maximum Gasteiger partial charge on any atom is 0.221 e. The second-order valence-electron chi connectivity index (χ2n) is 8.16. The summed E-state index contributed by atoms with van der Waals surface area (Å²) in [6.45, 7) is 3.65. The van der Waals surface area contributed by atoms with E-state index in [1.165, 1.54) is 6.92 Å². The van der Waals surface area contributed by atoms with Crippen LogP contribution in [0, 0.1) is 0 Å². The molecule has 2 heterocycles. The summed E-state index contributed by atoms with van der Waals surface area (Å²) in [5.74, 6) is 0.678. The highest BCUT2D eigenvalue weighted by Crippen LogP contribution is 2.44. The van der Waals surface area contributed by atoms with E-state index in [1.54, 1.807) is 12.1 Å². The number of hydrogen-bond acceptors (Lipinski definition) is 5. The van der Waals surface area contributed by atoms with Crippen molar-refractivity contribution in [2.75, 3.05) is 25.0 Å². The van der Waals surface area contributed by atoms with Gasteiger partial charge in [-0.2, -0.15) is 0 Å². The SMILES string of the molecule is CC(=O)Nc1ccc([C@@H](O)CN2CCC3(CC2)C[C@H](O)c2ccccc2O3)cc1. The number of para-hydroxylation sites is 1. The third-order valence-electron chi connectivity index (χ3n) is 5.98. The lowest BCUT2D eigenvalue weighted by Gasteiger charge is -2.46. The quantitative estimate of drug-likeness (QED) is 0.740. The molecule has 1 fully saturated rings. The first-order valence-corrected chi connectivity index (χ1v) is 10.2. The van der Waals surface area contributed by atoms with Crippen molar-refractivity contribution in [3.63, 3.8) is 0 Å². The molecule has 6 nitrogen and oxygen atoms in total. The van der Waals surface area contributed by atoms with Gasteiger partial charge < -0.3 is 25.2 Å². The van der Waals surface area contributed by atoms with Crippen molar-refractivity contribution in [2.45, 2.75) is 44.0 Å². The Morgan fingerprint density at radius 1 is 1.21 bits per heavy atom. The molecule has 0 radical (unpaired) electrons. The van der Waals surface area contributed by atoms with Crippen molar-refractivity contribution < 1.29 is 19.7 Å². The molecule has 2 aromatic rings. The molecule has 0 aromatic heterocycles. The number of nitrogens with zero attached hydrogens (tertiary/aromatic N) is 1. The Bertz CT molecular complexity index is 859. The molecule has 1 amide bonds. The van der Waals surface area contributed by atoms with Crippen LogP contribution in [0.5, 0.6) is 5.75 Å². The molecule has 154 valence electrons. The Labute approximate surface area is 171 Å². The van der Waals surface area contributed by atoms with Crippen LogP contribution in [-0.4, -0.2) is 46.3 Å². The summed E-state index contributed by atoms with van der Waals surface area (Å²) in [5.41, 5.74) is 2.10. The number of rotatable bonds is 4. The minimum atomic E-state index is -0.589. The zero-order valence-electron chi connectivity index (χ0n) is 16.7. The van der Waals surface area contributed by atoms with Crippen LogP contribution in [0.15, 0.2) is 48.5 Å². The number of likely N-dealkylation sites (tertiary alicyclic amines) is 1. The minimum Gasteiger partial charge on any atom is -0.487 e. The molecule has 2 aliphatic heterocycles. The summed E-state index contributed by atoms with van der Waals surface area (Å²) in [6.07, 6.45) is 1.19. The Morgan fingerprint density at radius 3 is 2.59 bits per heavy atom. The first kappa shape index (κ1) is 19.9. The van der Waals surface area contributed by atoms with Crippen molar-refractivity contribution >= 4 is 11.6 Å². The Kier molecular flexibility index (Phi) is 5.58. The first-order chi connectivity index (χ1) is 13.9. The van der Waals surface area contributed by atoms with E-state index in [1.807, 2.05) is 36.4 Å². The largest absolute Gasteiger partial charge is 0.487 e. The Morgan fingerprint density at radius 2 is 1.90 bits per heavy atom. The normalized spacial score (nSPS) is 21.8. The minimum absolute atomic E-state index is 0.113. The van der Waals surface area contributed by atoms with Crippen molar-refractivity contribution in [2.24, 2.45) is 0 Å². The molecule has 0 unspecified atom stereocenters. The van der Waals surface area contributed by atoms with Gasteiger partial charge in [-0.25, -0.2) is 0 Å². The summed E-state index contributed by atoms with van der Waals surface area (Å²) in [5, 5.41) is 23.9. The lowest BCUT2D eigenvalue weighted by Crippen LogP contribution is -2.51. The standard InChI is InChI=1S/C23H28N2O4/c1-16(26)24-18-8-6-17(7-9-18)21(28)15-25-12-10-23(11-13-25)14-20(27)19-4-2-3-5-22(19)29-23/h2-9,20-21,27-28H,10-15H2,1H3,(H,24,26)/t20-,21-/m0/s1. The average Bonchev–Trinajstić information content (AvgIpc) is 2.70. The number of carbonyl (C=O) groups excluding carboxylic acids is 1. The molecule has 3 N–H and O–H groups in total. The number of aliphatic hydroxyl groups is 2. The maximum absolute atomic E-state index is 11.1. The fourth-order valence-corrected chi connectivity index (χ4v) is 4.38. The predicted molar refractivity (Wildman–Crippen MR) is 111 cm³/mol. The van der Waals surface area contributed by atoms with Crippen LogP contribution in [0.1, 0.15) is 49.5 Å². The molecule has 2 aliphatic rings. The first-order valence-electron chi connectivity index (χ1n) is 10.2. The van der Waals surface area contributed by atoms with Gasteiger partial charge in [0.15, 0.2) is 0 Å². The van der Waals surface area contributed by atoms with E-state index >= 15 is 0 Å². The molecule has 29 heavy (non-hydrogen) atoms. The molecular weight excluding hydrogens is 368 g/mol. The Hall–Kier alpha value is -2.41. The number of aliphatic hydroxyl groups excluding tert-OH is 2.